The number of likely N-dealkylation sites (N-methyl/N-ethyl adjacent to an activating group) is 1. The van der Waals surface area contributed by atoms with Gasteiger partial charge in [-0.3, -0.25) is 4.79 Å². The van der Waals surface area contributed by atoms with Crippen LogP contribution in [0.1, 0.15) is 38.2 Å². The van der Waals surface area contributed by atoms with E-state index in [0.717, 1.165) is 25.7 Å². The monoisotopic (exact) mass is 470 g/mol. The Kier molecular flexibility index (Phi) is 8.41. The summed E-state index contributed by atoms with van der Waals surface area (Å²) < 4.78 is 32.5. The molecule has 2 aromatic carbocycles. The summed E-state index contributed by atoms with van der Waals surface area (Å²) in [6, 6.07) is 15.5. The molecule has 0 N–H and O–H groups in total. The van der Waals surface area contributed by atoms with Crippen molar-refractivity contribution in [2.24, 2.45) is 0 Å². The van der Waals surface area contributed by atoms with E-state index in [0.29, 0.717) is 24.3 Å². The lowest BCUT2D eigenvalue weighted by Crippen LogP contribution is -2.37. The van der Waals surface area contributed by atoms with Gasteiger partial charge in [-0.05, 0) is 55.7 Å². The number of nitrogens with zero attached hydrogens (tertiary/aromatic N) is 2. The number of ether oxygens (including phenoxy) is 1. The molecule has 1 aliphatic heterocycles. The predicted octanol–water partition coefficient (Wildman–Crippen LogP) is 3.86. The van der Waals surface area contributed by atoms with Crippen LogP contribution in [0, 0.1) is 0 Å². The largest absolute Gasteiger partial charge is 0.449 e. The lowest BCUT2D eigenvalue weighted by molar-refractivity contribution is -0.148. The summed E-state index contributed by atoms with van der Waals surface area (Å²) in [5.41, 5.74) is 1.36. The van der Waals surface area contributed by atoms with E-state index in [1.165, 1.54) is 24.0 Å². The lowest BCUT2D eigenvalue weighted by atomic mass is 10.2. The van der Waals surface area contributed by atoms with Crippen LogP contribution in [0.4, 0.5) is 5.69 Å². The van der Waals surface area contributed by atoms with Crippen LogP contribution in [0.5, 0.6) is 0 Å². The van der Waals surface area contributed by atoms with Gasteiger partial charge in [0.2, 0.25) is 10.0 Å². The second-order valence-electron chi connectivity index (χ2n) is 8.03. The van der Waals surface area contributed by atoms with Crippen molar-refractivity contribution in [3.8, 4) is 0 Å². The molecule has 1 heterocycles. The topological polar surface area (TPSA) is 84.0 Å². The molecule has 2 aromatic rings. The number of amides is 1. The molecule has 0 aromatic heterocycles. The molecular weight excluding hydrogens is 440 g/mol. The standard InChI is InChI=1S/C25H30N2O5S/c1-20(25(29)26(2)22-10-6-5-7-11-22)32-24(28)17-14-21-12-15-23(16-13-21)33(30,31)27-18-8-3-4-9-19-27/h5-7,10-17,20H,3-4,8-9,18-19H2,1-2H3/b17-14+. The predicted molar refractivity (Wildman–Crippen MR) is 128 cm³/mol. The van der Waals surface area contributed by atoms with Gasteiger partial charge in [0.05, 0.1) is 4.90 Å². The van der Waals surface area contributed by atoms with Crippen LogP contribution in [0.2, 0.25) is 0 Å². The SMILES string of the molecule is CC(OC(=O)/C=C/c1ccc(S(=O)(=O)N2CCCCCC2)cc1)C(=O)N(C)c1ccccc1. The highest BCUT2D eigenvalue weighted by molar-refractivity contribution is 7.89. The van der Waals surface area contributed by atoms with Crippen LogP contribution < -0.4 is 4.90 Å². The van der Waals surface area contributed by atoms with E-state index < -0.39 is 22.1 Å². The Labute approximate surface area is 195 Å². The third-order valence-electron chi connectivity index (χ3n) is 5.61. The number of carbonyl (C=O) groups excluding carboxylic acids is 2. The summed E-state index contributed by atoms with van der Waals surface area (Å²) in [5.74, 6) is -0.996. The number of benzene rings is 2. The van der Waals surface area contributed by atoms with Gasteiger partial charge in [-0.1, -0.05) is 43.2 Å². The number of sulfonamides is 1. The van der Waals surface area contributed by atoms with Crippen LogP contribution in [0.3, 0.4) is 0 Å². The van der Waals surface area contributed by atoms with Crippen LogP contribution >= 0.6 is 0 Å². The van der Waals surface area contributed by atoms with Crippen LogP contribution in [-0.4, -0.2) is 50.8 Å². The molecule has 33 heavy (non-hydrogen) atoms. The first kappa shape index (κ1) is 24.7. The second-order valence-corrected chi connectivity index (χ2v) is 9.97. The van der Waals surface area contributed by atoms with Crippen molar-refractivity contribution in [1.29, 1.82) is 0 Å². The minimum atomic E-state index is -3.51. The average Bonchev–Trinajstić information content (AvgIpc) is 3.13. The second kappa shape index (κ2) is 11.2. The van der Waals surface area contributed by atoms with Crippen molar-refractivity contribution in [2.75, 3.05) is 25.0 Å². The summed E-state index contributed by atoms with van der Waals surface area (Å²) in [5, 5.41) is 0. The Hall–Kier alpha value is -2.97. The summed E-state index contributed by atoms with van der Waals surface area (Å²) in [7, 11) is -1.89. The molecule has 1 saturated heterocycles. The first-order valence-corrected chi connectivity index (χ1v) is 12.5. The zero-order chi connectivity index (χ0) is 23.8. The van der Waals surface area contributed by atoms with Crippen molar-refractivity contribution in [2.45, 2.75) is 43.6 Å². The average molecular weight is 471 g/mol. The van der Waals surface area contributed by atoms with Gasteiger partial charge in [0.1, 0.15) is 0 Å². The Morgan fingerprint density at radius 3 is 2.18 bits per heavy atom. The van der Waals surface area contributed by atoms with Crippen LogP contribution in [-0.2, 0) is 24.3 Å². The van der Waals surface area contributed by atoms with Gasteiger partial charge in [-0.15, -0.1) is 0 Å². The number of hydrogen-bond acceptors (Lipinski definition) is 5. The summed E-state index contributed by atoms with van der Waals surface area (Å²) in [6.07, 6.45) is 5.67. The molecule has 3 rings (SSSR count). The van der Waals surface area contributed by atoms with Gasteiger partial charge < -0.3 is 9.64 Å². The van der Waals surface area contributed by atoms with Crippen LogP contribution in [0.25, 0.3) is 6.08 Å². The van der Waals surface area contributed by atoms with Gasteiger partial charge in [-0.2, -0.15) is 4.31 Å². The third-order valence-corrected chi connectivity index (χ3v) is 7.52. The zero-order valence-electron chi connectivity index (χ0n) is 19.0. The van der Waals surface area contributed by atoms with Crippen molar-refractivity contribution < 1.29 is 22.7 Å². The van der Waals surface area contributed by atoms with E-state index >= 15 is 0 Å². The highest BCUT2D eigenvalue weighted by Gasteiger charge is 2.25. The lowest BCUT2D eigenvalue weighted by Gasteiger charge is -2.21. The molecule has 176 valence electrons. The van der Waals surface area contributed by atoms with Gasteiger partial charge in [-0.25, -0.2) is 13.2 Å². The van der Waals surface area contributed by atoms with E-state index in [4.69, 9.17) is 4.74 Å². The maximum atomic E-state index is 12.9. The first-order chi connectivity index (χ1) is 15.8. The van der Waals surface area contributed by atoms with Crippen LogP contribution in [0.15, 0.2) is 65.6 Å². The highest BCUT2D eigenvalue weighted by Crippen LogP contribution is 2.21. The molecule has 0 radical (unpaired) electrons. The van der Waals surface area contributed by atoms with Crippen molar-refractivity contribution in [1.82, 2.24) is 4.31 Å². The number of hydrogen-bond donors (Lipinski definition) is 0. The van der Waals surface area contributed by atoms with Crippen molar-refractivity contribution >= 4 is 33.7 Å². The number of para-hydroxylation sites is 1. The smallest absolute Gasteiger partial charge is 0.331 e. The number of rotatable bonds is 7. The highest BCUT2D eigenvalue weighted by atomic mass is 32.2. The van der Waals surface area contributed by atoms with E-state index in [1.54, 1.807) is 47.8 Å². The Balaban J connectivity index is 1.58. The molecule has 8 heteroatoms. The number of anilines is 1. The van der Waals surface area contributed by atoms with E-state index in [1.807, 2.05) is 18.2 Å². The molecule has 1 atom stereocenters. The minimum absolute atomic E-state index is 0.243. The van der Waals surface area contributed by atoms with Gasteiger partial charge in [0.15, 0.2) is 6.10 Å². The van der Waals surface area contributed by atoms with Gasteiger partial charge >= 0.3 is 5.97 Å². The molecule has 1 fully saturated rings. The molecule has 7 nitrogen and oxygen atoms in total. The summed E-state index contributed by atoms with van der Waals surface area (Å²) >= 11 is 0. The summed E-state index contributed by atoms with van der Waals surface area (Å²) in [4.78, 5) is 26.4. The fourth-order valence-corrected chi connectivity index (χ4v) is 5.18. The van der Waals surface area contributed by atoms with Crippen molar-refractivity contribution in [3.63, 3.8) is 0 Å². The normalized spacial score (nSPS) is 16.2. The quantitative estimate of drug-likeness (QED) is 0.453. The third kappa shape index (κ3) is 6.52. The summed E-state index contributed by atoms with van der Waals surface area (Å²) in [6.45, 7) is 2.62. The Bertz CT molecular complexity index is 1070. The molecule has 0 saturated carbocycles. The van der Waals surface area contributed by atoms with E-state index in [9.17, 15) is 18.0 Å². The minimum Gasteiger partial charge on any atom is -0.449 e. The molecule has 0 bridgehead atoms. The molecule has 1 aliphatic rings. The first-order valence-electron chi connectivity index (χ1n) is 11.1. The molecule has 0 aliphatic carbocycles. The maximum absolute atomic E-state index is 12.9. The molecule has 1 unspecified atom stereocenters. The molecular formula is C25H30N2O5S. The van der Waals surface area contributed by atoms with E-state index in [2.05, 4.69) is 0 Å². The Morgan fingerprint density at radius 2 is 1.58 bits per heavy atom. The number of esters is 1. The zero-order valence-corrected chi connectivity index (χ0v) is 19.8. The van der Waals surface area contributed by atoms with Crippen molar-refractivity contribution in [3.05, 3.63) is 66.2 Å². The number of carbonyl (C=O) groups is 2. The van der Waals surface area contributed by atoms with Gasteiger partial charge in [0.25, 0.3) is 5.91 Å². The Morgan fingerprint density at radius 1 is 0.970 bits per heavy atom. The fourth-order valence-electron chi connectivity index (χ4n) is 3.66. The van der Waals surface area contributed by atoms with E-state index in [-0.39, 0.29) is 10.8 Å². The molecule has 0 spiro atoms. The maximum Gasteiger partial charge on any atom is 0.331 e. The molecule has 1 amide bonds. The fraction of sp³-hybridized carbons (Fsp3) is 0.360. The van der Waals surface area contributed by atoms with Gasteiger partial charge in [0, 0.05) is 31.9 Å².